The molecule has 1 aliphatic carbocycles. The second-order valence-corrected chi connectivity index (χ2v) is 3.94. The van der Waals surface area contributed by atoms with Gasteiger partial charge in [0.2, 0.25) is 0 Å². The summed E-state index contributed by atoms with van der Waals surface area (Å²) in [6.07, 6.45) is 10.5. The molecule has 0 aromatic carbocycles. The second kappa shape index (κ2) is 5.27. The van der Waals surface area contributed by atoms with E-state index in [4.69, 9.17) is 4.55 Å². The monoisotopic (exact) mass is 186 g/mol. The molecule has 0 aromatic rings. The van der Waals surface area contributed by atoms with Gasteiger partial charge in [0.1, 0.15) is 0 Å². The molecule has 0 aromatic heterocycles. The van der Waals surface area contributed by atoms with E-state index in [2.05, 4.69) is 18.2 Å². The smallest absolute Gasteiger partial charge is 0.152 e. The highest BCUT2D eigenvalue weighted by Gasteiger charge is 1.98. The van der Waals surface area contributed by atoms with E-state index in [1.54, 1.807) is 0 Å². The van der Waals surface area contributed by atoms with Crippen molar-refractivity contribution < 1.29 is 8.76 Å². The Morgan fingerprint density at radius 1 is 1.50 bits per heavy atom. The van der Waals surface area contributed by atoms with Crippen molar-refractivity contribution in [2.45, 2.75) is 25.7 Å². The maximum atomic E-state index is 10.3. The van der Waals surface area contributed by atoms with Crippen LogP contribution in [0.25, 0.3) is 0 Å². The summed E-state index contributed by atoms with van der Waals surface area (Å²) in [5, 5.41) is 0. The molecule has 1 aliphatic rings. The van der Waals surface area contributed by atoms with Crippen molar-refractivity contribution in [2.75, 3.05) is 5.75 Å². The zero-order valence-corrected chi connectivity index (χ0v) is 7.85. The lowest BCUT2D eigenvalue weighted by Gasteiger charge is -2.04. The summed E-state index contributed by atoms with van der Waals surface area (Å²) >= 11 is -1.62. The van der Waals surface area contributed by atoms with Crippen LogP contribution in [0.3, 0.4) is 0 Å². The fourth-order valence-electron chi connectivity index (χ4n) is 1.25. The molecule has 12 heavy (non-hydrogen) atoms. The van der Waals surface area contributed by atoms with Crippen LogP contribution in [0.4, 0.5) is 0 Å². The molecule has 0 saturated heterocycles. The van der Waals surface area contributed by atoms with Crippen LogP contribution < -0.4 is 0 Å². The molecule has 0 fully saturated rings. The summed E-state index contributed by atoms with van der Waals surface area (Å²) < 4.78 is 18.8. The summed E-state index contributed by atoms with van der Waals surface area (Å²) in [5.41, 5.74) is 1.31. The van der Waals surface area contributed by atoms with Crippen LogP contribution in [0.5, 0.6) is 0 Å². The molecule has 0 amide bonds. The summed E-state index contributed by atoms with van der Waals surface area (Å²) in [6.45, 7) is 0. The highest BCUT2D eigenvalue weighted by Crippen LogP contribution is 2.14. The average molecular weight is 186 g/mol. The van der Waals surface area contributed by atoms with Gasteiger partial charge in [-0.1, -0.05) is 23.8 Å². The van der Waals surface area contributed by atoms with Gasteiger partial charge in [-0.25, -0.2) is 4.21 Å². The van der Waals surface area contributed by atoms with Crippen LogP contribution in [0.1, 0.15) is 25.7 Å². The fraction of sp³-hybridized carbons (Fsp3) is 0.556. The Hall–Kier alpha value is -0.410. The van der Waals surface area contributed by atoms with Crippen molar-refractivity contribution >= 4 is 11.1 Å². The molecule has 0 bridgehead atoms. The molecule has 1 unspecified atom stereocenters. The van der Waals surface area contributed by atoms with E-state index in [0.717, 1.165) is 25.7 Å². The van der Waals surface area contributed by atoms with Crippen LogP contribution >= 0.6 is 0 Å². The van der Waals surface area contributed by atoms with Gasteiger partial charge in [-0.15, -0.1) is 0 Å². The molecule has 1 rings (SSSR count). The third-order valence-corrected chi connectivity index (χ3v) is 2.49. The van der Waals surface area contributed by atoms with Crippen LogP contribution in [-0.2, 0) is 11.1 Å². The normalized spacial score (nSPS) is 18.9. The van der Waals surface area contributed by atoms with E-state index in [-0.39, 0.29) is 0 Å². The molecule has 2 nitrogen and oxygen atoms in total. The Morgan fingerprint density at radius 3 is 2.92 bits per heavy atom. The predicted molar refractivity (Wildman–Crippen MR) is 51.3 cm³/mol. The Morgan fingerprint density at radius 2 is 2.33 bits per heavy atom. The van der Waals surface area contributed by atoms with E-state index in [9.17, 15) is 4.21 Å². The first kappa shape index (κ1) is 9.68. The summed E-state index contributed by atoms with van der Waals surface area (Å²) in [7, 11) is 0. The molecular formula is C9H14O2S. The van der Waals surface area contributed by atoms with Gasteiger partial charge >= 0.3 is 0 Å². The number of hydrogen-bond donors (Lipinski definition) is 1. The summed E-state index contributed by atoms with van der Waals surface area (Å²) in [4.78, 5) is 0. The minimum Gasteiger partial charge on any atom is -0.306 e. The molecule has 0 saturated carbocycles. The summed E-state index contributed by atoms with van der Waals surface area (Å²) in [5.74, 6) is 0.394. The van der Waals surface area contributed by atoms with E-state index in [0.29, 0.717) is 5.75 Å². The molecular weight excluding hydrogens is 172 g/mol. The minimum absolute atomic E-state index is 0.394. The average Bonchev–Trinajstić information content (AvgIpc) is 2.05. The lowest BCUT2D eigenvalue weighted by molar-refractivity contribution is 0.561. The van der Waals surface area contributed by atoms with Crippen molar-refractivity contribution in [1.82, 2.24) is 0 Å². The molecule has 3 heteroatoms. The molecule has 68 valence electrons. The van der Waals surface area contributed by atoms with Gasteiger partial charge in [0.05, 0.1) is 0 Å². The van der Waals surface area contributed by atoms with Crippen molar-refractivity contribution in [1.29, 1.82) is 0 Å². The first-order valence-electron chi connectivity index (χ1n) is 4.22. The minimum atomic E-state index is -1.62. The Balaban J connectivity index is 2.18. The van der Waals surface area contributed by atoms with Gasteiger partial charge in [0.15, 0.2) is 11.1 Å². The molecule has 0 radical (unpaired) electrons. The van der Waals surface area contributed by atoms with Crippen LogP contribution in [-0.4, -0.2) is 14.5 Å². The van der Waals surface area contributed by atoms with Crippen molar-refractivity contribution in [3.05, 3.63) is 23.8 Å². The molecule has 0 heterocycles. The largest absolute Gasteiger partial charge is 0.306 e. The highest BCUT2D eigenvalue weighted by atomic mass is 32.2. The Bertz CT molecular complexity index is 219. The Labute approximate surface area is 75.7 Å². The van der Waals surface area contributed by atoms with Crippen molar-refractivity contribution in [2.24, 2.45) is 0 Å². The van der Waals surface area contributed by atoms with E-state index in [1.165, 1.54) is 5.57 Å². The number of allylic oxidation sites excluding steroid dienone is 4. The Kier molecular flexibility index (Phi) is 4.25. The predicted octanol–water partition coefficient (Wildman–Crippen LogP) is 2.26. The van der Waals surface area contributed by atoms with E-state index < -0.39 is 11.1 Å². The lowest BCUT2D eigenvalue weighted by Crippen LogP contribution is -1.95. The maximum Gasteiger partial charge on any atom is 0.152 e. The third-order valence-electron chi connectivity index (χ3n) is 1.86. The maximum absolute atomic E-state index is 10.3. The molecule has 1 atom stereocenters. The zero-order chi connectivity index (χ0) is 8.81. The molecule has 1 N–H and O–H groups in total. The van der Waals surface area contributed by atoms with Crippen molar-refractivity contribution in [3.63, 3.8) is 0 Å². The fourth-order valence-corrected chi connectivity index (χ4v) is 1.64. The standard InChI is InChI=1S/C9H14O2S/c10-12(11)8-4-7-9-5-2-1-3-6-9/h2,5-6H,1,3-4,7-8H2,(H,10,11). The SMILES string of the molecule is O=S(O)CCCC1=CCCC=C1. The van der Waals surface area contributed by atoms with Gasteiger partial charge in [-0.3, -0.25) is 0 Å². The van der Waals surface area contributed by atoms with Crippen LogP contribution in [0.15, 0.2) is 23.8 Å². The first-order chi connectivity index (χ1) is 5.79. The van der Waals surface area contributed by atoms with Crippen LogP contribution in [0.2, 0.25) is 0 Å². The van der Waals surface area contributed by atoms with Gasteiger partial charge < -0.3 is 4.55 Å². The van der Waals surface area contributed by atoms with Gasteiger partial charge in [0.25, 0.3) is 0 Å². The zero-order valence-electron chi connectivity index (χ0n) is 7.03. The quantitative estimate of drug-likeness (QED) is 0.684. The molecule has 0 spiro atoms. The van der Waals surface area contributed by atoms with Gasteiger partial charge in [-0.05, 0) is 25.7 Å². The van der Waals surface area contributed by atoms with E-state index in [1.807, 2.05) is 0 Å². The summed E-state index contributed by atoms with van der Waals surface area (Å²) in [6, 6.07) is 0. The van der Waals surface area contributed by atoms with Crippen LogP contribution in [0, 0.1) is 0 Å². The molecule has 0 aliphatic heterocycles. The number of hydrogen-bond acceptors (Lipinski definition) is 1. The van der Waals surface area contributed by atoms with E-state index >= 15 is 0 Å². The topological polar surface area (TPSA) is 37.3 Å². The lowest BCUT2D eigenvalue weighted by atomic mass is 10.0. The third kappa shape index (κ3) is 3.83. The number of rotatable bonds is 4. The second-order valence-electron chi connectivity index (χ2n) is 2.89. The van der Waals surface area contributed by atoms with Crippen molar-refractivity contribution in [3.8, 4) is 0 Å². The highest BCUT2D eigenvalue weighted by molar-refractivity contribution is 7.79. The first-order valence-corrected chi connectivity index (χ1v) is 5.49. The van der Waals surface area contributed by atoms with Gasteiger partial charge in [0, 0.05) is 5.75 Å². The van der Waals surface area contributed by atoms with Gasteiger partial charge in [-0.2, -0.15) is 0 Å².